The lowest BCUT2D eigenvalue weighted by molar-refractivity contribution is -0.120. The zero-order valence-electron chi connectivity index (χ0n) is 20.3. The Labute approximate surface area is 212 Å². The van der Waals surface area contributed by atoms with Gasteiger partial charge in [-0.25, -0.2) is 4.98 Å². The molecule has 3 rings (SSSR count). The van der Waals surface area contributed by atoms with Crippen LogP contribution in [-0.2, 0) is 11.3 Å². The topological polar surface area (TPSA) is 103 Å². The standard InChI is InChI=1S/C27H35ClN6O/c1-19(20(2)33-26(35)10-9-21-6-5-13-31-17-21)27(23(28)16-29)24-7-3-4-8-25(34-24)32-18-22-11-14-30-15-12-22/h3-4,7-8,11-12,14-16,19,21,23,27,29,31H,2,5-6,9-10,13,17-18H2,1H3,(H,33,35). The molecule has 4 unspecified atom stereocenters. The summed E-state index contributed by atoms with van der Waals surface area (Å²) in [6.45, 7) is 8.61. The first kappa shape index (κ1) is 26.7. The molecule has 0 aliphatic carbocycles. The summed E-state index contributed by atoms with van der Waals surface area (Å²) in [6.07, 6.45) is 8.33. The van der Waals surface area contributed by atoms with Crippen LogP contribution in [0, 0.1) is 17.2 Å². The number of halogens is 1. The Morgan fingerprint density at radius 3 is 2.83 bits per heavy atom. The number of nitrogens with one attached hydrogen (secondary N) is 3. The highest BCUT2D eigenvalue weighted by atomic mass is 35.5. The van der Waals surface area contributed by atoms with Crippen LogP contribution in [0.2, 0.25) is 0 Å². The molecule has 4 atom stereocenters. The van der Waals surface area contributed by atoms with E-state index in [9.17, 15) is 4.79 Å². The lowest BCUT2D eigenvalue weighted by Gasteiger charge is -2.27. The van der Waals surface area contributed by atoms with Gasteiger partial charge in [-0.05, 0) is 68.1 Å². The van der Waals surface area contributed by atoms with Crippen molar-refractivity contribution in [3.63, 3.8) is 0 Å². The van der Waals surface area contributed by atoms with Crippen LogP contribution >= 0.6 is 11.6 Å². The van der Waals surface area contributed by atoms with E-state index in [2.05, 4.69) is 27.2 Å². The molecule has 0 aromatic carbocycles. The largest absolute Gasteiger partial charge is 0.330 e. The van der Waals surface area contributed by atoms with Crippen LogP contribution in [0.15, 0.2) is 66.1 Å². The smallest absolute Gasteiger partial charge is 0.224 e. The van der Waals surface area contributed by atoms with Crippen molar-refractivity contribution >= 4 is 23.7 Å². The molecule has 1 saturated heterocycles. The number of carbonyl (C=O) groups excluding carboxylic acids is 1. The van der Waals surface area contributed by atoms with Crippen molar-refractivity contribution in [3.05, 3.63) is 77.8 Å². The van der Waals surface area contributed by atoms with Gasteiger partial charge in [0.1, 0.15) is 5.49 Å². The van der Waals surface area contributed by atoms with Gasteiger partial charge in [-0.15, -0.1) is 11.6 Å². The second-order valence-corrected chi connectivity index (χ2v) is 9.54. The molecular formula is C27H35ClN6O. The van der Waals surface area contributed by atoms with E-state index in [0.717, 1.165) is 37.9 Å². The second kappa shape index (κ2) is 13.9. The fourth-order valence-electron chi connectivity index (χ4n) is 4.31. The van der Waals surface area contributed by atoms with E-state index in [1.165, 1.54) is 6.21 Å². The summed E-state index contributed by atoms with van der Waals surface area (Å²) in [6, 6.07) is 11.3. The van der Waals surface area contributed by atoms with Crippen LogP contribution in [-0.4, -0.2) is 40.6 Å². The van der Waals surface area contributed by atoms with Crippen LogP contribution in [0.3, 0.4) is 0 Å². The van der Waals surface area contributed by atoms with Crippen molar-refractivity contribution in [1.29, 1.82) is 5.41 Å². The summed E-state index contributed by atoms with van der Waals surface area (Å²) >= 11 is 6.59. The van der Waals surface area contributed by atoms with E-state index in [-0.39, 0.29) is 17.7 Å². The van der Waals surface area contributed by atoms with Crippen molar-refractivity contribution in [2.75, 3.05) is 13.1 Å². The fourth-order valence-corrected chi connectivity index (χ4v) is 4.66. The van der Waals surface area contributed by atoms with E-state index in [4.69, 9.17) is 22.0 Å². The third-order valence-electron chi connectivity index (χ3n) is 6.45. The molecule has 35 heavy (non-hydrogen) atoms. The quantitative estimate of drug-likeness (QED) is 0.325. The maximum absolute atomic E-state index is 12.6. The van der Waals surface area contributed by atoms with Crippen molar-refractivity contribution in [2.45, 2.75) is 50.4 Å². The van der Waals surface area contributed by atoms with E-state index in [0.29, 0.717) is 35.8 Å². The van der Waals surface area contributed by atoms with Crippen molar-refractivity contribution in [2.24, 2.45) is 16.8 Å². The van der Waals surface area contributed by atoms with Gasteiger partial charge in [0.15, 0.2) is 0 Å². The van der Waals surface area contributed by atoms with E-state index in [1.54, 1.807) is 12.4 Å². The molecule has 3 N–H and O–H groups in total. The molecule has 3 heterocycles. The van der Waals surface area contributed by atoms with Crippen LogP contribution in [0.25, 0.3) is 0 Å². The summed E-state index contributed by atoms with van der Waals surface area (Å²) in [5.74, 6) is -0.0817. The Balaban J connectivity index is 1.72. The van der Waals surface area contributed by atoms with Gasteiger partial charge < -0.3 is 16.0 Å². The Morgan fingerprint density at radius 2 is 2.11 bits per heavy atom. The lowest BCUT2D eigenvalue weighted by atomic mass is 9.85. The Kier molecular flexibility index (Phi) is 10.6. The number of alkyl halides is 1. The van der Waals surface area contributed by atoms with Crippen LogP contribution < -0.4 is 16.1 Å². The molecule has 8 heteroatoms. The van der Waals surface area contributed by atoms with Crippen molar-refractivity contribution in [1.82, 2.24) is 20.6 Å². The normalized spacial score (nSPS) is 18.8. The highest BCUT2D eigenvalue weighted by Crippen LogP contribution is 2.32. The van der Waals surface area contributed by atoms with Gasteiger partial charge in [0.2, 0.25) is 5.91 Å². The first-order valence-corrected chi connectivity index (χ1v) is 12.6. The van der Waals surface area contributed by atoms with Crippen molar-refractivity contribution in [3.8, 4) is 0 Å². The summed E-state index contributed by atoms with van der Waals surface area (Å²) in [4.78, 5) is 26.1. The number of amides is 1. The second-order valence-electron chi connectivity index (χ2n) is 9.03. The van der Waals surface area contributed by atoms with E-state index < -0.39 is 5.38 Å². The summed E-state index contributed by atoms with van der Waals surface area (Å²) in [5, 5.41) is 13.5. The monoisotopic (exact) mass is 494 g/mol. The number of piperidine rings is 1. The molecule has 2 aromatic heterocycles. The van der Waals surface area contributed by atoms with E-state index >= 15 is 0 Å². The predicted molar refractivity (Wildman–Crippen MR) is 140 cm³/mol. The highest BCUT2D eigenvalue weighted by Gasteiger charge is 2.29. The minimum absolute atomic E-state index is 0.0354. The Hall–Kier alpha value is -2.90. The molecule has 1 fully saturated rings. The van der Waals surface area contributed by atoms with Crippen molar-refractivity contribution < 1.29 is 4.79 Å². The maximum atomic E-state index is 12.6. The van der Waals surface area contributed by atoms with Gasteiger partial charge in [-0.3, -0.25) is 14.8 Å². The number of hydrogen-bond acceptors (Lipinski definition) is 6. The molecule has 1 aliphatic rings. The Morgan fingerprint density at radius 1 is 1.34 bits per heavy atom. The maximum Gasteiger partial charge on any atom is 0.224 e. The van der Waals surface area contributed by atoms with Crippen LogP contribution in [0.5, 0.6) is 0 Å². The highest BCUT2D eigenvalue weighted by molar-refractivity contribution is 6.28. The Bertz CT molecular complexity index is 1050. The SMILES string of the molecule is C=C(NC(=O)CCC1CCCNC1)C(C)C(c1ccccc(=NCc2ccncc2)n1)C(Cl)C=N. The van der Waals surface area contributed by atoms with Gasteiger partial charge in [-0.1, -0.05) is 25.6 Å². The minimum Gasteiger partial charge on any atom is -0.330 e. The van der Waals surface area contributed by atoms with Gasteiger partial charge in [0.05, 0.1) is 11.9 Å². The molecule has 186 valence electrons. The van der Waals surface area contributed by atoms with Crippen LogP contribution in [0.4, 0.5) is 0 Å². The average molecular weight is 495 g/mol. The molecule has 1 amide bonds. The first-order chi connectivity index (χ1) is 17.0. The number of nitrogens with zero attached hydrogens (tertiary/aromatic N) is 3. The number of hydrogen-bond donors (Lipinski definition) is 3. The average Bonchev–Trinajstić information content (AvgIpc) is 3.13. The number of carbonyl (C=O) groups is 1. The lowest BCUT2D eigenvalue weighted by Crippen LogP contribution is -2.33. The van der Waals surface area contributed by atoms with E-state index in [1.807, 2.05) is 43.3 Å². The number of aromatic nitrogens is 2. The minimum atomic E-state index is -0.616. The van der Waals surface area contributed by atoms with Gasteiger partial charge in [0, 0.05) is 48.3 Å². The van der Waals surface area contributed by atoms with Gasteiger partial charge >= 0.3 is 0 Å². The molecule has 0 radical (unpaired) electrons. The number of rotatable bonds is 11. The van der Waals surface area contributed by atoms with Gasteiger partial charge in [-0.2, -0.15) is 0 Å². The zero-order valence-corrected chi connectivity index (χ0v) is 21.0. The zero-order chi connectivity index (χ0) is 25.0. The molecule has 2 aromatic rings. The van der Waals surface area contributed by atoms with Gasteiger partial charge in [0.25, 0.3) is 0 Å². The third-order valence-corrected chi connectivity index (χ3v) is 6.85. The molecule has 7 nitrogen and oxygen atoms in total. The summed E-state index contributed by atoms with van der Waals surface area (Å²) in [7, 11) is 0. The number of allylic oxidation sites excluding steroid dienone is 1. The summed E-state index contributed by atoms with van der Waals surface area (Å²) in [5.41, 5.74) is 2.89. The third kappa shape index (κ3) is 8.37. The number of pyridine rings is 1. The predicted octanol–water partition coefficient (Wildman–Crippen LogP) is 3.96. The fraction of sp³-hybridized carbons (Fsp3) is 0.444. The molecule has 0 saturated carbocycles. The molecular weight excluding hydrogens is 460 g/mol. The van der Waals surface area contributed by atoms with Crippen LogP contribution in [0.1, 0.15) is 49.8 Å². The molecule has 0 spiro atoms. The molecule has 1 aliphatic heterocycles. The first-order valence-electron chi connectivity index (χ1n) is 12.2. The molecule has 0 bridgehead atoms. The summed E-state index contributed by atoms with van der Waals surface area (Å²) < 4.78 is 0.